The molecule has 1 aliphatic heterocycles. The lowest BCUT2D eigenvalue weighted by Crippen LogP contribution is -2.53. The van der Waals surface area contributed by atoms with Crippen molar-refractivity contribution in [3.8, 4) is 11.5 Å². The summed E-state index contributed by atoms with van der Waals surface area (Å²) in [5, 5.41) is 0. The molecule has 2 heterocycles. The van der Waals surface area contributed by atoms with Crippen LogP contribution in [0.2, 0.25) is 0 Å². The lowest BCUT2D eigenvalue weighted by Gasteiger charge is -2.36. The van der Waals surface area contributed by atoms with E-state index in [-0.39, 0.29) is 6.09 Å². The van der Waals surface area contributed by atoms with Crippen LogP contribution < -0.4 is 5.73 Å². The molecule has 0 saturated carbocycles. The second-order valence-corrected chi connectivity index (χ2v) is 8.45. The maximum absolute atomic E-state index is 12.1. The number of nitrogens with two attached hydrogens (primary N) is 1. The van der Waals surface area contributed by atoms with E-state index in [0.29, 0.717) is 51.0 Å². The number of aliphatic imine (C=N–C) groups is 1. The molecule has 8 nitrogen and oxygen atoms in total. The normalized spacial score (nSPS) is 15.4. The zero-order chi connectivity index (χ0) is 21.7. The van der Waals surface area contributed by atoms with Crippen molar-refractivity contribution >= 4 is 12.1 Å². The van der Waals surface area contributed by atoms with Crippen LogP contribution in [0.25, 0.3) is 11.5 Å². The standard InChI is InChI=1S/C22H31N5O3/c1-16-5-7-17(8-6-16)19-25-18(15-29-19)9-10-24-20(23)26-11-13-27(14-12-26)21(28)30-22(2,3)4/h5-8,15H,9-14H2,1-4H3,(H2,23,24). The minimum Gasteiger partial charge on any atom is -0.444 e. The van der Waals surface area contributed by atoms with Gasteiger partial charge in [-0.2, -0.15) is 0 Å². The summed E-state index contributed by atoms with van der Waals surface area (Å²) in [7, 11) is 0. The third kappa shape index (κ3) is 5.98. The van der Waals surface area contributed by atoms with E-state index < -0.39 is 5.60 Å². The van der Waals surface area contributed by atoms with Crippen LogP contribution in [-0.2, 0) is 11.2 Å². The van der Waals surface area contributed by atoms with Crippen molar-refractivity contribution in [3.63, 3.8) is 0 Å². The third-order valence-electron chi connectivity index (χ3n) is 4.75. The van der Waals surface area contributed by atoms with Crippen LogP contribution in [0.15, 0.2) is 39.9 Å². The molecule has 8 heteroatoms. The molecular formula is C22H31N5O3. The quantitative estimate of drug-likeness (QED) is 0.611. The van der Waals surface area contributed by atoms with Crippen LogP contribution in [0, 0.1) is 6.92 Å². The molecule has 1 fully saturated rings. The van der Waals surface area contributed by atoms with Gasteiger partial charge in [0.05, 0.1) is 5.69 Å². The molecule has 0 radical (unpaired) electrons. The number of carbonyl (C=O) groups is 1. The summed E-state index contributed by atoms with van der Waals surface area (Å²) in [6, 6.07) is 8.07. The molecule has 0 aliphatic carbocycles. The number of piperazine rings is 1. The smallest absolute Gasteiger partial charge is 0.410 e. The molecule has 1 aromatic heterocycles. The molecule has 0 unspecified atom stereocenters. The largest absolute Gasteiger partial charge is 0.444 e. The van der Waals surface area contributed by atoms with Crippen LogP contribution in [0.1, 0.15) is 32.0 Å². The predicted molar refractivity (Wildman–Crippen MR) is 116 cm³/mol. The molecular weight excluding hydrogens is 382 g/mol. The van der Waals surface area contributed by atoms with E-state index >= 15 is 0 Å². The van der Waals surface area contributed by atoms with E-state index in [1.54, 1.807) is 11.2 Å². The number of amides is 1. The second kappa shape index (κ2) is 9.19. The molecule has 162 valence electrons. The topological polar surface area (TPSA) is 97.2 Å². The molecule has 1 amide bonds. The van der Waals surface area contributed by atoms with Gasteiger partial charge in [-0.1, -0.05) is 17.7 Å². The van der Waals surface area contributed by atoms with E-state index in [1.165, 1.54) is 5.56 Å². The van der Waals surface area contributed by atoms with E-state index in [0.717, 1.165) is 11.3 Å². The van der Waals surface area contributed by atoms with Gasteiger partial charge in [0, 0.05) is 44.7 Å². The van der Waals surface area contributed by atoms with Gasteiger partial charge in [-0.3, -0.25) is 4.99 Å². The zero-order valence-electron chi connectivity index (χ0n) is 18.2. The number of carbonyl (C=O) groups excluding carboxylic acids is 1. The van der Waals surface area contributed by atoms with Gasteiger partial charge >= 0.3 is 6.09 Å². The number of rotatable bonds is 4. The van der Waals surface area contributed by atoms with Gasteiger partial charge in [0.2, 0.25) is 5.89 Å². The molecule has 0 atom stereocenters. The lowest BCUT2D eigenvalue weighted by molar-refractivity contribution is 0.0186. The first-order valence-corrected chi connectivity index (χ1v) is 10.3. The Morgan fingerprint density at radius 2 is 1.80 bits per heavy atom. The number of hydrogen-bond donors (Lipinski definition) is 1. The number of ether oxygens (including phenoxy) is 1. The molecule has 1 saturated heterocycles. The monoisotopic (exact) mass is 413 g/mol. The van der Waals surface area contributed by atoms with Crippen LogP contribution >= 0.6 is 0 Å². The van der Waals surface area contributed by atoms with E-state index in [2.05, 4.69) is 9.98 Å². The number of aryl methyl sites for hydroxylation is 1. The summed E-state index contributed by atoms with van der Waals surface area (Å²) in [5.41, 5.74) is 8.65. The van der Waals surface area contributed by atoms with Crippen LogP contribution in [-0.4, -0.2) is 65.2 Å². The molecule has 0 bridgehead atoms. The fourth-order valence-electron chi connectivity index (χ4n) is 3.08. The molecule has 2 N–H and O–H groups in total. The van der Waals surface area contributed by atoms with Gasteiger partial charge < -0.3 is 24.7 Å². The highest BCUT2D eigenvalue weighted by molar-refractivity contribution is 5.78. The maximum atomic E-state index is 12.1. The van der Waals surface area contributed by atoms with Crippen molar-refractivity contribution in [2.75, 3.05) is 32.7 Å². The molecule has 30 heavy (non-hydrogen) atoms. The summed E-state index contributed by atoms with van der Waals surface area (Å²) < 4.78 is 11.0. The van der Waals surface area contributed by atoms with Gasteiger partial charge in [-0.15, -0.1) is 0 Å². The minimum atomic E-state index is -0.491. The van der Waals surface area contributed by atoms with Crippen molar-refractivity contribution in [3.05, 3.63) is 41.8 Å². The van der Waals surface area contributed by atoms with Gasteiger partial charge in [0.25, 0.3) is 0 Å². The molecule has 0 spiro atoms. The molecule has 1 aromatic carbocycles. The fraction of sp³-hybridized carbons (Fsp3) is 0.500. The van der Waals surface area contributed by atoms with Crippen LogP contribution in [0.4, 0.5) is 4.79 Å². The first kappa shape index (κ1) is 21.7. The van der Waals surface area contributed by atoms with Crippen molar-refractivity contribution in [2.45, 2.75) is 39.7 Å². The third-order valence-corrected chi connectivity index (χ3v) is 4.75. The number of benzene rings is 1. The summed E-state index contributed by atoms with van der Waals surface area (Å²) in [6.45, 7) is 10.6. The Labute approximate surface area is 177 Å². The second-order valence-electron chi connectivity index (χ2n) is 8.45. The minimum absolute atomic E-state index is 0.284. The number of nitrogens with zero attached hydrogens (tertiary/aromatic N) is 4. The average molecular weight is 414 g/mol. The van der Waals surface area contributed by atoms with Crippen molar-refractivity contribution in [1.29, 1.82) is 0 Å². The SMILES string of the molecule is Cc1ccc(-c2nc(CCN=C(N)N3CCN(C(=O)OC(C)(C)C)CC3)co2)cc1. The Balaban J connectivity index is 1.46. The highest BCUT2D eigenvalue weighted by atomic mass is 16.6. The fourth-order valence-corrected chi connectivity index (χ4v) is 3.08. The molecule has 1 aliphatic rings. The van der Waals surface area contributed by atoms with Crippen LogP contribution in [0.5, 0.6) is 0 Å². The average Bonchev–Trinajstić information content (AvgIpc) is 3.16. The van der Waals surface area contributed by atoms with Gasteiger partial charge in [-0.05, 0) is 39.8 Å². The Morgan fingerprint density at radius 3 is 2.43 bits per heavy atom. The first-order valence-electron chi connectivity index (χ1n) is 10.3. The Hall–Kier alpha value is -3.03. The highest BCUT2D eigenvalue weighted by Gasteiger charge is 2.26. The van der Waals surface area contributed by atoms with E-state index in [1.807, 2.05) is 56.9 Å². The van der Waals surface area contributed by atoms with Crippen molar-refractivity contribution in [2.24, 2.45) is 10.7 Å². The number of hydrogen-bond acceptors (Lipinski definition) is 5. The Bertz CT molecular complexity index is 875. The van der Waals surface area contributed by atoms with Crippen molar-refractivity contribution < 1.29 is 13.9 Å². The Kier molecular flexibility index (Phi) is 6.64. The highest BCUT2D eigenvalue weighted by Crippen LogP contribution is 2.19. The van der Waals surface area contributed by atoms with Gasteiger partial charge in [-0.25, -0.2) is 9.78 Å². The molecule has 3 rings (SSSR count). The van der Waals surface area contributed by atoms with E-state index in [9.17, 15) is 4.79 Å². The number of oxazole rings is 1. The van der Waals surface area contributed by atoms with Gasteiger partial charge in [0.1, 0.15) is 11.9 Å². The summed E-state index contributed by atoms with van der Waals surface area (Å²) >= 11 is 0. The van der Waals surface area contributed by atoms with Crippen molar-refractivity contribution in [1.82, 2.24) is 14.8 Å². The predicted octanol–water partition coefficient (Wildman–Crippen LogP) is 3.06. The molecule has 2 aromatic rings. The maximum Gasteiger partial charge on any atom is 0.410 e. The van der Waals surface area contributed by atoms with Gasteiger partial charge in [0.15, 0.2) is 5.96 Å². The zero-order valence-corrected chi connectivity index (χ0v) is 18.2. The first-order chi connectivity index (χ1) is 14.2. The summed E-state index contributed by atoms with van der Waals surface area (Å²) in [4.78, 5) is 24.8. The van der Waals surface area contributed by atoms with Crippen LogP contribution in [0.3, 0.4) is 0 Å². The Morgan fingerprint density at radius 1 is 1.17 bits per heavy atom. The number of guanidine groups is 1. The lowest BCUT2D eigenvalue weighted by atomic mass is 10.1. The summed E-state index contributed by atoms with van der Waals surface area (Å²) in [6.07, 6.45) is 2.03. The summed E-state index contributed by atoms with van der Waals surface area (Å²) in [5.74, 6) is 1.10. The van der Waals surface area contributed by atoms with E-state index in [4.69, 9.17) is 14.9 Å². The number of aromatic nitrogens is 1.